The monoisotopic (exact) mass is 363 g/mol. The second-order valence-corrected chi connectivity index (χ2v) is 7.03. The quantitative estimate of drug-likeness (QED) is 0.890. The van der Waals surface area contributed by atoms with Gasteiger partial charge in [-0.2, -0.15) is 0 Å². The molecule has 0 radical (unpaired) electrons. The van der Waals surface area contributed by atoms with Crippen molar-refractivity contribution in [3.05, 3.63) is 39.5 Å². The van der Waals surface area contributed by atoms with Crippen LogP contribution in [0.3, 0.4) is 0 Å². The van der Waals surface area contributed by atoms with Crippen molar-refractivity contribution in [1.82, 2.24) is 9.80 Å². The van der Waals surface area contributed by atoms with E-state index in [4.69, 9.17) is 26.4 Å². The zero-order valence-corrected chi connectivity index (χ0v) is 14.7. The Hall–Kier alpha value is -1.60. The number of aliphatic hydroxyl groups excluding tert-OH is 1. The van der Waals surface area contributed by atoms with Gasteiger partial charge in [0.25, 0.3) is 0 Å². The minimum atomic E-state index is 0.204. The van der Waals surface area contributed by atoms with Gasteiger partial charge in [-0.3, -0.25) is 4.90 Å². The van der Waals surface area contributed by atoms with E-state index in [1.54, 1.807) is 11.3 Å². The fraction of sp³-hybridized carbons (Fsp3) is 0.353. The van der Waals surface area contributed by atoms with E-state index < -0.39 is 0 Å². The molecule has 1 aromatic carbocycles. The van der Waals surface area contributed by atoms with Gasteiger partial charge in [0.1, 0.15) is 17.3 Å². The molecule has 2 aliphatic heterocycles. The first kappa shape index (κ1) is 15.9. The number of ether oxygens (including phenoxy) is 1. The molecule has 1 aromatic heterocycles. The number of piperazine rings is 1. The summed E-state index contributed by atoms with van der Waals surface area (Å²) in [6.45, 7) is 4.53. The minimum absolute atomic E-state index is 0.204. The average Bonchev–Trinajstić information content (AvgIpc) is 2.98. The van der Waals surface area contributed by atoms with E-state index in [-0.39, 0.29) is 6.61 Å². The Morgan fingerprint density at radius 3 is 2.79 bits per heavy atom. The van der Waals surface area contributed by atoms with Crippen LogP contribution in [-0.4, -0.2) is 60.1 Å². The summed E-state index contributed by atoms with van der Waals surface area (Å²) >= 11 is 7.75. The second kappa shape index (κ2) is 6.72. The smallest absolute Gasteiger partial charge is 0.153 e. The van der Waals surface area contributed by atoms with Crippen LogP contribution in [0.25, 0.3) is 0 Å². The lowest BCUT2D eigenvalue weighted by molar-refractivity contribution is 0.147. The van der Waals surface area contributed by atoms with Crippen LogP contribution in [0.1, 0.15) is 5.56 Å². The van der Waals surface area contributed by atoms with Crippen LogP contribution in [0, 0.1) is 0 Å². The summed E-state index contributed by atoms with van der Waals surface area (Å²) in [5.41, 5.74) is 1.79. The largest absolute Gasteiger partial charge is 0.453 e. The van der Waals surface area contributed by atoms with Crippen LogP contribution in [0.5, 0.6) is 11.5 Å². The number of hydrogen-bond acceptors (Lipinski definition) is 6. The predicted molar refractivity (Wildman–Crippen MR) is 97.1 cm³/mol. The molecular formula is C17H18ClN3O2S. The molecule has 0 spiro atoms. The van der Waals surface area contributed by atoms with Gasteiger partial charge in [-0.1, -0.05) is 11.6 Å². The minimum Gasteiger partial charge on any atom is -0.453 e. The molecule has 5 nitrogen and oxygen atoms in total. The van der Waals surface area contributed by atoms with Crippen molar-refractivity contribution in [1.29, 1.82) is 0 Å². The van der Waals surface area contributed by atoms with Crippen molar-refractivity contribution in [2.75, 3.05) is 39.3 Å². The van der Waals surface area contributed by atoms with Crippen LogP contribution in [0.4, 0.5) is 5.69 Å². The zero-order valence-electron chi connectivity index (χ0n) is 13.1. The Bertz CT molecular complexity index is 769. The summed E-state index contributed by atoms with van der Waals surface area (Å²) in [6, 6.07) is 5.53. The first-order valence-electron chi connectivity index (χ1n) is 7.95. The average molecular weight is 364 g/mol. The molecule has 2 aliphatic rings. The molecule has 0 aliphatic carbocycles. The predicted octanol–water partition coefficient (Wildman–Crippen LogP) is 3.20. The van der Waals surface area contributed by atoms with Crippen molar-refractivity contribution >= 4 is 34.5 Å². The number of rotatable bonds is 2. The van der Waals surface area contributed by atoms with Gasteiger partial charge in [0.05, 0.1) is 12.2 Å². The molecular weight excluding hydrogens is 346 g/mol. The SMILES string of the molecule is OCCN1CCN(C2=Nc3cc(Cl)ccc3Oc3cscc32)CC1. The standard InChI is InChI=1S/C17H18ClN3O2S/c18-12-1-2-15-14(9-12)19-17(13-10-24-11-16(13)23-15)21-5-3-20(4-6-21)7-8-22/h1-2,9-11,22H,3-8H2. The molecule has 126 valence electrons. The molecule has 1 saturated heterocycles. The van der Waals surface area contributed by atoms with E-state index >= 15 is 0 Å². The number of aliphatic hydroxyl groups is 1. The molecule has 3 heterocycles. The van der Waals surface area contributed by atoms with E-state index in [2.05, 4.69) is 15.2 Å². The molecule has 0 unspecified atom stereocenters. The van der Waals surface area contributed by atoms with E-state index in [0.29, 0.717) is 5.02 Å². The molecule has 0 bridgehead atoms. The summed E-state index contributed by atoms with van der Waals surface area (Å²) < 4.78 is 6.05. The van der Waals surface area contributed by atoms with E-state index in [9.17, 15) is 0 Å². The maximum atomic E-state index is 9.10. The number of fused-ring (bicyclic) bond motifs is 2. The van der Waals surface area contributed by atoms with E-state index in [1.807, 2.05) is 23.6 Å². The molecule has 24 heavy (non-hydrogen) atoms. The number of hydrogen-bond donors (Lipinski definition) is 1. The first-order valence-corrected chi connectivity index (χ1v) is 9.27. The van der Waals surface area contributed by atoms with Crippen molar-refractivity contribution in [3.8, 4) is 11.5 Å². The Balaban J connectivity index is 1.68. The number of aliphatic imine (C=N–C) groups is 1. The highest BCUT2D eigenvalue weighted by molar-refractivity contribution is 7.08. The summed E-state index contributed by atoms with van der Waals surface area (Å²) in [5.74, 6) is 2.52. The third-order valence-electron chi connectivity index (χ3n) is 4.32. The van der Waals surface area contributed by atoms with Crippen molar-refractivity contribution in [2.24, 2.45) is 4.99 Å². The summed E-state index contributed by atoms with van der Waals surface area (Å²) in [7, 11) is 0. The molecule has 0 saturated carbocycles. The number of amidine groups is 1. The van der Waals surface area contributed by atoms with Crippen LogP contribution >= 0.6 is 22.9 Å². The Labute approximate surface area is 149 Å². The molecule has 7 heteroatoms. The molecule has 2 aromatic rings. The topological polar surface area (TPSA) is 48.3 Å². The molecule has 1 fully saturated rings. The second-order valence-electron chi connectivity index (χ2n) is 5.85. The highest BCUT2D eigenvalue weighted by atomic mass is 35.5. The van der Waals surface area contributed by atoms with Crippen molar-refractivity contribution in [3.63, 3.8) is 0 Å². The highest BCUT2D eigenvalue weighted by Gasteiger charge is 2.26. The van der Waals surface area contributed by atoms with E-state index in [0.717, 1.165) is 61.3 Å². The maximum absolute atomic E-state index is 9.10. The van der Waals surface area contributed by atoms with Crippen molar-refractivity contribution < 1.29 is 9.84 Å². The lowest BCUT2D eigenvalue weighted by Gasteiger charge is -2.36. The first-order chi connectivity index (χ1) is 11.7. The zero-order chi connectivity index (χ0) is 16.5. The maximum Gasteiger partial charge on any atom is 0.153 e. The van der Waals surface area contributed by atoms with Crippen LogP contribution < -0.4 is 4.74 Å². The van der Waals surface area contributed by atoms with Gasteiger partial charge in [-0.15, -0.1) is 11.3 Å². The van der Waals surface area contributed by atoms with Gasteiger partial charge in [0.15, 0.2) is 5.75 Å². The van der Waals surface area contributed by atoms with Gasteiger partial charge in [0, 0.05) is 48.5 Å². The normalized spacial score (nSPS) is 17.6. The number of nitrogens with zero attached hydrogens (tertiary/aromatic N) is 3. The van der Waals surface area contributed by atoms with Crippen LogP contribution in [0.2, 0.25) is 5.02 Å². The number of β-amino-alcohol motifs (C(OH)–C–C–N with tert-alkyl or cyclic N) is 1. The molecule has 1 N–H and O–H groups in total. The fourth-order valence-corrected chi connectivity index (χ4v) is 3.94. The Morgan fingerprint density at radius 1 is 1.17 bits per heavy atom. The summed E-state index contributed by atoms with van der Waals surface area (Å²) in [4.78, 5) is 9.44. The Kier molecular flexibility index (Phi) is 4.45. The molecule has 4 rings (SSSR count). The van der Waals surface area contributed by atoms with Gasteiger partial charge >= 0.3 is 0 Å². The lowest BCUT2D eigenvalue weighted by Crippen LogP contribution is -2.49. The van der Waals surface area contributed by atoms with Crippen molar-refractivity contribution in [2.45, 2.75) is 0 Å². The number of benzene rings is 1. The van der Waals surface area contributed by atoms with Gasteiger partial charge < -0.3 is 14.7 Å². The number of halogens is 1. The lowest BCUT2D eigenvalue weighted by atomic mass is 10.2. The van der Waals surface area contributed by atoms with E-state index in [1.165, 1.54) is 0 Å². The Morgan fingerprint density at radius 2 is 2.00 bits per heavy atom. The van der Waals surface area contributed by atoms with Crippen LogP contribution in [-0.2, 0) is 0 Å². The highest BCUT2D eigenvalue weighted by Crippen LogP contribution is 2.40. The van der Waals surface area contributed by atoms with Gasteiger partial charge in [-0.25, -0.2) is 4.99 Å². The van der Waals surface area contributed by atoms with Crippen LogP contribution in [0.15, 0.2) is 34.0 Å². The third-order valence-corrected chi connectivity index (χ3v) is 5.28. The molecule has 0 amide bonds. The van der Waals surface area contributed by atoms with Gasteiger partial charge in [0.2, 0.25) is 0 Å². The summed E-state index contributed by atoms with van der Waals surface area (Å²) in [6.07, 6.45) is 0. The third kappa shape index (κ3) is 3.02. The van der Waals surface area contributed by atoms with Gasteiger partial charge in [-0.05, 0) is 18.2 Å². The fourth-order valence-electron chi connectivity index (χ4n) is 3.05. The number of thiophene rings is 1. The molecule has 0 atom stereocenters. The summed E-state index contributed by atoms with van der Waals surface area (Å²) in [5, 5.41) is 13.8.